The molecule has 1 aliphatic rings. The van der Waals surface area contributed by atoms with Gasteiger partial charge >= 0.3 is 0 Å². The quantitative estimate of drug-likeness (QED) is 0.610. The first-order chi connectivity index (χ1) is 8.99. The first-order valence-corrected chi connectivity index (χ1v) is 9.01. The molecule has 1 aromatic carbocycles. The molecule has 0 spiro atoms. The van der Waals surface area contributed by atoms with Crippen molar-refractivity contribution >= 4 is 32.6 Å². The number of rotatable bonds is 3. The van der Waals surface area contributed by atoms with E-state index in [-0.39, 0.29) is 10.9 Å². The lowest BCUT2D eigenvalue weighted by Gasteiger charge is -2.21. The third-order valence-electron chi connectivity index (χ3n) is 3.41. The van der Waals surface area contributed by atoms with Crippen molar-refractivity contribution in [2.24, 2.45) is 0 Å². The van der Waals surface area contributed by atoms with E-state index in [1.807, 2.05) is 0 Å². The van der Waals surface area contributed by atoms with E-state index >= 15 is 0 Å². The molecular weight excluding hydrogens is 377 g/mol. The average Bonchev–Trinajstić information content (AvgIpc) is 2.55. The van der Waals surface area contributed by atoms with E-state index in [4.69, 9.17) is 0 Å². The lowest BCUT2D eigenvalue weighted by atomic mass is 10.1. The molecule has 0 heterocycles. The highest BCUT2D eigenvalue weighted by Crippen LogP contribution is 2.20. The maximum absolute atomic E-state index is 12.2. The molecule has 1 aliphatic carbocycles. The predicted octanol–water partition coefficient (Wildman–Crippen LogP) is 2.26. The standard InChI is InChI=1S/C13H18INO3S/c14-10-6-8-11(9-7-10)19(17,18)15-12-4-2-1-3-5-13(12)16/h6-9,12-13,15-16H,1-5H2. The van der Waals surface area contributed by atoms with E-state index in [9.17, 15) is 13.5 Å². The Bertz CT molecular complexity index is 515. The number of aliphatic hydroxyl groups is 1. The van der Waals surface area contributed by atoms with Gasteiger partial charge in [-0.15, -0.1) is 0 Å². The summed E-state index contributed by atoms with van der Waals surface area (Å²) in [5, 5.41) is 9.98. The maximum atomic E-state index is 12.2. The van der Waals surface area contributed by atoms with E-state index < -0.39 is 16.1 Å². The van der Waals surface area contributed by atoms with Crippen LogP contribution in [0.15, 0.2) is 29.2 Å². The van der Waals surface area contributed by atoms with Gasteiger partial charge in [-0.2, -0.15) is 0 Å². The summed E-state index contributed by atoms with van der Waals surface area (Å²) in [5.41, 5.74) is 0. The summed E-state index contributed by atoms with van der Waals surface area (Å²) in [5.74, 6) is 0. The highest BCUT2D eigenvalue weighted by molar-refractivity contribution is 14.1. The summed E-state index contributed by atoms with van der Waals surface area (Å²) in [6.45, 7) is 0. The Balaban J connectivity index is 2.13. The number of nitrogens with one attached hydrogen (secondary N) is 1. The van der Waals surface area contributed by atoms with Gasteiger partial charge in [-0.05, 0) is 59.7 Å². The van der Waals surface area contributed by atoms with Gasteiger partial charge in [-0.1, -0.05) is 19.3 Å². The van der Waals surface area contributed by atoms with Crippen LogP contribution in [0.2, 0.25) is 0 Å². The normalized spacial score (nSPS) is 24.9. The Morgan fingerprint density at radius 3 is 2.42 bits per heavy atom. The molecule has 0 aromatic heterocycles. The lowest BCUT2D eigenvalue weighted by molar-refractivity contribution is 0.130. The number of aliphatic hydroxyl groups excluding tert-OH is 1. The van der Waals surface area contributed by atoms with Crippen LogP contribution < -0.4 is 4.72 Å². The second-order valence-electron chi connectivity index (χ2n) is 4.89. The van der Waals surface area contributed by atoms with Gasteiger partial charge < -0.3 is 5.11 Å². The molecule has 106 valence electrons. The summed E-state index contributed by atoms with van der Waals surface area (Å²) in [6.07, 6.45) is 3.75. The van der Waals surface area contributed by atoms with Crippen LogP contribution in [0.1, 0.15) is 32.1 Å². The molecule has 0 aliphatic heterocycles. The van der Waals surface area contributed by atoms with Gasteiger partial charge in [0, 0.05) is 9.61 Å². The molecule has 2 atom stereocenters. The van der Waals surface area contributed by atoms with Crippen LogP contribution in [-0.2, 0) is 10.0 Å². The number of hydrogen-bond acceptors (Lipinski definition) is 3. The summed E-state index contributed by atoms with van der Waals surface area (Å²) in [7, 11) is -3.54. The van der Waals surface area contributed by atoms with E-state index in [1.54, 1.807) is 24.3 Å². The molecule has 6 heteroatoms. The molecule has 1 aromatic rings. The maximum Gasteiger partial charge on any atom is 0.240 e. The molecule has 2 N–H and O–H groups in total. The molecule has 1 saturated carbocycles. The molecule has 0 saturated heterocycles. The molecule has 4 nitrogen and oxygen atoms in total. The lowest BCUT2D eigenvalue weighted by Crippen LogP contribution is -2.42. The van der Waals surface area contributed by atoms with Gasteiger partial charge in [0.2, 0.25) is 10.0 Å². The van der Waals surface area contributed by atoms with Crippen molar-refractivity contribution in [3.8, 4) is 0 Å². The Morgan fingerprint density at radius 2 is 1.74 bits per heavy atom. The van der Waals surface area contributed by atoms with E-state index in [0.717, 1.165) is 22.8 Å². The summed E-state index contributed by atoms with van der Waals surface area (Å²) in [6, 6.07) is 6.34. The third kappa shape index (κ3) is 4.14. The molecule has 2 unspecified atom stereocenters. The van der Waals surface area contributed by atoms with Crippen LogP contribution >= 0.6 is 22.6 Å². The first kappa shape index (κ1) is 15.2. The van der Waals surface area contributed by atoms with Crippen molar-refractivity contribution in [1.82, 2.24) is 4.72 Å². The average molecular weight is 395 g/mol. The van der Waals surface area contributed by atoms with Crippen molar-refractivity contribution in [3.05, 3.63) is 27.8 Å². The topological polar surface area (TPSA) is 66.4 Å². The fourth-order valence-corrected chi connectivity index (χ4v) is 3.97. The number of sulfonamides is 1. The van der Waals surface area contributed by atoms with E-state index in [2.05, 4.69) is 27.3 Å². The number of hydrogen-bond donors (Lipinski definition) is 2. The molecular formula is C13H18INO3S. The zero-order valence-electron chi connectivity index (χ0n) is 10.5. The summed E-state index contributed by atoms with van der Waals surface area (Å²) >= 11 is 2.13. The molecule has 2 rings (SSSR count). The third-order valence-corrected chi connectivity index (χ3v) is 5.63. The van der Waals surface area contributed by atoms with E-state index in [1.165, 1.54) is 0 Å². The van der Waals surface area contributed by atoms with Crippen LogP contribution in [0.3, 0.4) is 0 Å². The zero-order valence-corrected chi connectivity index (χ0v) is 13.5. The minimum Gasteiger partial charge on any atom is -0.391 e. The minimum absolute atomic E-state index is 0.254. The van der Waals surface area contributed by atoms with Crippen LogP contribution in [0.5, 0.6) is 0 Å². The number of benzene rings is 1. The fraction of sp³-hybridized carbons (Fsp3) is 0.538. The largest absolute Gasteiger partial charge is 0.391 e. The van der Waals surface area contributed by atoms with Gasteiger partial charge in [-0.25, -0.2) is 13.1 Å². The van der Waals surface area contributed by atoms with Gasteiger partial charge in [-0.3, -0.25) is 0 Å². The molecule has 19 heavy (non-hydrogen) atoms. The van der Waals surface area contributed by atoms with Crippen LogP contribution in [-0.4, -0.2) is 25.7 Å². The fourth-order valence-electron chi connectivity index (χ4n) is 2.31. The molecule has 0 amide bonds. The van der Waals surface area contributed by atoms with Crippen LogP contribution in [0.4, 0.5) is 0 Å². The zero-order chi connectivity index (χ0) is 13.9. The van der Waals surface area contributed by atoms with Crippen LogP contribution in [0, 0.1) is 3.57 Å². The Kier molecular flexibility index (Phi) is 5.22. The smallest absolute Gasteiger partial charge is 0.240 e. The Hall–Kier alpha value is -0.180. The summed E-state index contributed by atoms with van der Waals surface area (Å²) in [4.78, 5) is 0.254. The van der Waals surface area contributed by atoms with Crippen molar-refractivity contribution in [3.63, 3.8) is 0 Å². The SMILES string of the molecule is O=S(=O)(NC1CCCCCC1O)c1ccc(I)cc1. The van der Waals surface area contributed by atoms with Crippen molar-refractivity contribution in [1.29, 1.82) is 0 Å². The highest BCUT2D eigenvalue weighted by atomic mass is 127. The second kappa shape index (κ2) is 6.51. The molecule has 1 fully saturated rings. The van der Waals surface area contributed by atoms with Gasteiger partial charge in [0.1, 0.15) is 0 Å². The Labute approximate surface area is 127 Å². The van der Waals surface area contributed by atoms with E-state index in [0.29, 0.717) is 12.8 Å². The molecule has 0 radical (unpaired) electrons. The number of halogens is 1. The van der Waals surface area contributed by atoms with Gasteiger partial charge in [0.25, 0.3) is 0 Å². The second-order valence-corrected chi connectivity index (χ2v) is 7.85. The molecule has 0 bridgehead atoms. The van der Waals surface area contributed by atoms with Gasteiger partial charge in [0.15, 0.2) is 0 Å². The minimum atomic E-state index is -3.54. The van der Waals surface area contributed by atoms with Crippen molar-refractivity contribution in [2.75, 3.05) is 0 Å². The monoisotopic (exact) mass is 395 g/mol. The van der Waals surface area contributed by atoms with Crippen LogP contribution in [0.25, 0.3) is 0 Å². The van der Waals surface area contributed by atoms with Crippen molar-refractivity contribution < 1.29 is 13.5 Å². The Morgan fingerprint density at radius 1 is 1.11 bits per heavy atom. The first-order valence-electron chi connectivity index (χ1n) is 6.45. The predicted molar refractivity (Wildman–Crippen MR) is 82.4 cm³/mol. The van der Waals surface area contributed by atoms with Gasteiger partial charge in [0.05, 0.1) is 11.0 Å². The van der Waals surface area contributed by atoms with Crippen molar-refractivity contribution in [2.45, 2.75) is 49.1 Å². The highest BCUT2D eigenvalue weighted by Gasteiger charge is 2.26. The summed E-state index contributed by atoms with van der Waals surface area (Å²) < 4.78 is 28.1.